The molecule has 0 saturated heterocycles. The van der Waals surface area contributed by atoms with Gasteiger partial charge in [-0.25, -0.2) is 4.79 Å². The number of carboxylic acid groups (broad SMARTS) is 1. The van der Waals surface area contributed by atoms with Crippen LogP contribution in [0.25, 0.3) is 11.3 Å². The topological polar surface area (TPSA) is 63.3 Å². The van der Waals surface area contributed by atoms with Crippen molar-refractivity contribution in [2.75, 3.05) is 0 Å². The lowest BCUT2D eigenvalue weighted by Crippen LogP contribution is -2.04. The van der Waals surface area contributed by atoms with E-state index in [-0.39, 0.29) is 11.5 Å². The Morgan fingerprint density at radius 1 is 1.30 bits per heavy atom. The van der Waals surface area contributed by atoms with Crippen LogP contribution in [-0.4, -0.2) is 16.2 Å². The fourth-order valence-electron chi connectivity index (χ4n) is 2.81. The van der Waals surface area contributed by atoms with Crippen molar-refractivity contribution in [3.8, 4) is 11.3 Å². The molecule has 0 bridgehead atoms. The van der Waals surface area contributed by atoms with Crippen LogP contribution >= 0.6 is 15.9 Å². The highest BCUT2D eigenvalue weighted by Crippen LogP contribution is 2.40. The Balaban J connectivity index is 2.12. The van der Waals surface area contributed by atoms with E-state index in [2.05, 4.69) is 21.1 Å². The van der Waals surface area contributed by atoms with Crippen molar-refractivity contribution in [2.45, 2.75) is 31.6 Å². The molecule has 1 heterocycles. The fraction of sp³-hybridized carbons (Fsp3) is 0.333. The molecule has 104 valence electrons. The van der Waals surface area contributed by atoms with E-state index >= 15 is 0 Å². The molecule has 1 aromatic heterocycles. The summed E-state index contributed by atoms with van der Waals surface area (Å²) in [4.78, 5) is 11.6. The molecule has 20 heavy (non-hydrogen) atoms. The van der Waals surface area contributed by atoms with Gasteiger partial charge in [0.05, 0.1) is 0 Å². The fourth-order valence-corrected chi connectivity index (χ4v) is 3.29. The van der Waals surface area contributed by atoms with Crippen molar-refractivity contribution < 1.29 is 14.4 Å². The third kappa shape index (κ3) is 2.26. The summed E-state index contributed by atoms with van der Waals surface area (Å²) in [6.07, 6.45) is 4.19. The maximum atomic E-state index is 11.6. The van der Waals surface area contributed by atoms with Gasteiger partial charge in [0.1, 0.15) is 11.3 Å². The second-order valence-electron chi connectivity index (χ2n) is 5.04. The first-order chi connectivity index (χ1) is 9.68. The normalized spacial score (nSPS) is 15.7. The number of aromatic carboxylic acids is 1. The molecular formula is C15H14BrNO3. The molecule has 0 amide bonds. The van der Waals surface area contributed by atoms with Gasteiger partial charge >= 0.3 is 5.97 Å². The Morgan fingerprint density at radius 2 is 2.00 bits per heavy atom. The Kier molecular flexibility index (Phi) is 3.61. The van der Waals surface area contributed by atoms with Crippen LogP contribution in [0.1, 0.15) is 47.7 Å². The zero-order valence-corrected chi connectivity index (χ0v) is 12.4. The summed E-state index contributed by atoms with van der Waals surface area (Å²) < 4.78 is 6.21. The minimum atomic E-state index is -0.973. The molecule has 1 N–H and O–H groups in total. The summed E-state index contributed by atoms with van der Waals surface area (Å²) in [5.74, 6) is -0.260. The van der Waals surface area contributed by atoms with Crippen LogP contribution in [0.15, 0.2) is 33.3 Å². The van der Waals surface area contributed by atoms with E-state index < -0.39 is 5.97 Å². The molecule has 2 aromatic rings. The smallest absolute Gasteiger partial charge is 0.341 e. The Labute approximate surface area is 124 Å². The summed E-state index contributed by atoms with van der Waals surface area (Å²) in [6.45, 7) is 0. The largest absolute Gasteiger partial charge is 0.477 e. The highest BCUT2D eigenvalue weighted by molar-refractivity contribution is 9.10. The lowest BCUT2D eigenvalue weighted by molar-refractivity contribution is 0.0694. The quantitative estimate of drug-likeness (QED) is 0.899. The third-order valence-corrected chi connectivity index (χ3v) is 4.48. The molecule has 0 aliphatic heterocycles. The minimum Gasteiger partial charge on any atom is -0.477 e. The molecule has 1 saturated carbocycles. The molecular weight excluding hydrogens is 322 g/mol. The lowest BCUT2D eigenvalue weighted by atomic mass is 9.97. The maximum absolute atomic E-state index is 11.6. The first-order valence-corrected chi connectivity index (χ1v) is 7.45. The Bertz CT molecular complexity index is 644. The molecule has 0 atom stereocenters. The first kappa shape index (κ1) is 13.4. The van der Waals surface area contributed by atoms with Gasteiger partial charge in [0.15, 0.2) is 5.76 Å². The predicted molar refractivity (Wildman–Crippen MR) is 77.8 cm³/mol. The Hall–Kier alpha value is -1.62. The number of carbonyl (C=O) groups is 1. The molecule has 1 aliphatic carbocycles. The van der Waals surface area contributed by atoms with E-state index in [1.807, 2.05) is 24.3 Å². The maximum Gasteiger partial charge on any atom is 0.341 e. The standard InChI is InChI=1S/C15H14BrNO3/c16-11-8-4-3-7-10(11)13-12(15(18)19)14(20-17-13)9-5-1-2-6-9/h3-4,7-9H,1-2,5-6H2,(H,18,19). The van der Waals surface area contributed by atoms with Crippen molar-refractivity contribution in [1.82, 2.24) is 5.16 Å². The zero-order valence-electron chi connectivity index (χ0n) is 10.8. The van der Waals surface area contributed by atoms with Crippen molar-refractivity contribution in [3.05, 3.63) is 40.1 Å². The van der Waals surface area contributed by atoms with E-state index in [1.165, 1.54) is 0 Å². The van der Waals surface area contributed by atoms with Gasteiger partial charge in [0.25, 0.3) is 0 Å². The van der Waals surface area contributed by atoms with Gasteiger partial charge in [0.2, 0.25) is 0 Å². The number of halogens is 1. The molecule has 0 unspecified atom stereocenters. The van der Waals surface area contributed by atoms with E-state index in [1.54, 1.807) is 0 Å². The first-order valence-electron chi connectivity index (χ1n) is 6.66. The van der Waals surface area contributed by atoms with Crippen LogP contribution in [0.3, 0.4) is 0 Å². The number of aromatic nitrogens is 1. The molecule has 5 heteroatoms. The zero-order chi connectivity index (χ0) is 14.1. The number of benzene rings is 1. The van der Waals surface area contributed by atoms with Crippen LogP contribution < -0.4 is 0 Å². The van der Waals surface area contributed by atoms with Crippen molar-refractivity contribution in [3.63, 3.8) is 0 Å². The second-order valence-corrected chi connectivity index (χ2v) is 5.89. The van der Waals surface area contributed by atoms with Crippen LogP contribution in [-0.2, 0) is 0 Å². The third-order valence-electron chi connectivity index (χ3n) is 3.79. The molecule has 1 aromatic carbocycles. The average molecular weight is 336 g/mol. The van der Waals surface area contributed by atoms with Gasteiger partial charge < -0.3 is 9.63 Å². The van der Waals surface area contributed by atoms with Crippen molar-refractivity contribution in [2.24, 2.45) is 0 Å². The van der Waals surface area contributed by atoms with Gasteiger partial charge in [-0.15, -0.1) is 0 Å². The summed E-state index contributed by atoms with van der Waals surface area (Å²) in [5.41, 5.74) is 1.37. The molecule has 4 nitrogen and oxygen atoms in total. The van der Waals surface area contributed by atoms with E-state index in [0.29, 0.717) is 11.5 Å². The molecule has 1 fully saturated rings. The van der Waals surface area contributed by atoms with E-state index in [0.717, 1.165) is 35.7 Å². The lowest BCUT2D eigenvalue weighted by Gasteiger charge is -2.06. The van der Waals surface area contributed by atoms with Gasteiger partial charge in [-0.1, -0.05) is 52.1 Å². The van der Waals surface area contributed by atoms with E-state index in [9.17, 15) is 9.90 Å². The molecule has 0 spiro atoms. The highest BCUT2D eigenvalue weighted by atomic mass is 79.9. The summed E-state index contributed by atoms with van der Waals surface area (Å²) in [6, 6.07) is 7.44. The van der Waals surface area contributed by atoms with Crippen LogP contribution in [0.4, 0.5) is 0 Å². The van der Waals surface area contributed by atoms with Crippen LogP contribution in [0.2, 0.25) is 0 Å². The second kappa shape index (κ2) is 5.40. The van der Waals surface area contributed by atoms with E-state index in [4.69, 9.17) is 4.52 Å². The molecule has 0 radical (unpaired) electrons. The van der Waals surface area contributed by atoms with Gasteiger partial charge in [0, 0.05) is 16.0 Å². The van der Waals surface area contributed by atoms with Gasteiger partial charge in [-0.2, -0.15) is 0 Å². The number of hydrogen-bond acceptors (Lipinski definition) is 3. The molecule has 3 rings (SSSR count). The monoisotopic (exact) mass is 335 g/mol. The molecule has 1 aliphatic rings. The van der Waals surface area contributed by atoms with Crippen molar-refractivity contribution >= 4 is 21.9 Å². The number of carboxylic acids is 1. The van der Waals surface area contributed by atoms with Crippen LogP contribution in [0.5, 0.6) is 0 Å². The van der Waals surface area contributed by atoms with Gasteiger partial charge in [-0.3, -0.25) is 0 Å². The van der Waals surface area contributed by atoms with Crippen molar-refractivity contribution in [1.29, 1.82) is 0 Å². The summed E-state index contributed by atoms with van der Waals surface area (Å²) in [5, 5.41) is 13.6. The number of rotatable bonds is 3. The summed E-state index contributed by atoms with van der Waals surface area (Å²) in [7, 11) is 0. The number of nitrogens with zero attached hydrogens (tertiary/aromatic N) is 1. The average Bonchev–Trinajstić information content (AvgIpc) is 3.07. The van der Waals surface area contributed by atoms with Crippen LogP contribution in [0, 0.1) is 0 Å². The predicted octanol–water partition coefficient (Wildman–Crippen LogP) is 4.46. The SMILES string of the molecule is O=C(O)c1c(-c2ccccc2Br)noc1C1CCCC1. The minimum absolute atomic E-state index is 0.185. The number of hydrogen-bond donors (Lipinski definition) is 1. The highest BCUT2D eigenvalue weighted by Gasteiger charge is 2.31. The summed E-state index contributed by atoms with van der Waals surface area (Å²) >= 11 is 3.43. The Morgan fingerprint density at radius 3 is 2.65 bits per heavy atom. The van der Waals surface area contributed by atoms with Gasteiger partial charge in [-0.05, 0) is 18.9 Å².